The zero-order valence-corrected chi connectivity index (χ0v) is 14.6. The van der Waals surface area contributed by atoms with Crippen molar-refractivity contribution >= 4 is 27.2 Å². The third-order valence-electron chi connectivity index (χ3n) is 4.54. The maximum Gasteiger partial charge on any atom is 0.275 e. The molecule has 1 aliphatic heterocycles. The van der Waals surface area contributed by atoms with E-state index in [1.807, 2.05) is 12.1 Å². The Balaban J connectivity index is 1.90. The molecule has 1 aliphatic rings. The van der Waals surface area contributed by atoms with Gasteiger partial charge in [0, 0.05) is 56.6 Å². The van der Waals surface area contributed by atoms with Crippen LogP contribution >= 0.6 is 11.3 Å². The van der Waals surface area contributed by atoms with Crippen LogP contribution in [0.1, 0.15) is 0 Å². The summed E-state index contributed by atoms with van der Waals surface area (Å²) >= 11 is 1.60. The molecule has 0 aromatic carbocycles. The second-order valence-electron chi connectivity index (χ2n) is 6.13. The summed E-state index contributed by atoms with van der Waals surface area (Å²) in [6.45, 7) is 3.88. The van der Waals surface area contributed by atoms with E-state index in [9.17, 15) is 4.79 Å². The third-order valence-corrected chi connectivity index (χ3v) is 5.52. The summed E-state index contributed by atoms with van der Waals surface area (Å²) < 4.78 is 2.45. The molecule has 0 atom stereocenters. The van der Waals surface area contributed by atoms with Crippen LogP contribution in [0.15, 0.2) is 34.7 Å². The fourth-order valence-corrected chi connectivity index (χ4v) is 4.18. The predicted molar refractivity (Wildman–Crippen MR) is 97.8 cm³/mol. The Labute approximate surface area is 144 Å². The minimum absolute atomic E-state index is 0.0454. The van der Waals surface area contributed by atoms with Crippen molar-refractivity contribution in [3.05, 3.63) is 40.3 Å². The molecule has 0 unspecified atom stereocenters. The van der Waals surface area contributed by atoms with Gasteiger partial charge in [-0.1, -0.05) is 0 Å². The summed E-state index contributed by atoms with van der Waals surface area (Å²) in [5.74, 6) is 0.922. The third kappa shape index (κ3) is 2.50. The number of anilines is 1. The van der Waals surface area contributed by atoms with E-state index in [1.165, 1.54) is 4.68 Å². The number of aromatic nitrogens is 3. The average molecular weight is 341 g/mol. The highest BCUT2D eigenvalue weighted by molar-refractivity contribution is 7.18. The number of piperazine rings is 1. The molecule has 7 heteroatoms. The van der Waals surface area contributed by atoms with Gasteiger partial charge < -0.3 is 9.80 Å². The van der Waals surface area contributed by atoms with Gasteiger partial charge in [-0.2, -0.15) is 5.10 Å². The number of pyridine rings is 1. The highest BCUT2D eigenvalue weighted by atomic mass is 32.1. The Morgan fingerprint density at radius 2 is 1.79 bits per heavy atom. The van der Waals surface area contributed by atoms with E-state index in [0.29, 0.717) is 0 Å². The highest BCUT2D eigenvalue weighted by Crippen LogP contribution is 2.36. The minimum Gasteiger partial charge on any atom is -0.351 e. The minimum atomic E-state index is -0.0454. The average Bonchev–Trinajstić information content (AvgIpc) is 3.05. The lowest BCUT2D eigenvalue weighted by Gasteiger charge is -2.33. The lowest BCUT2D eigenvalue weighted by Crippen LogP contribution is -2.45. The first kappa shape index (κ1) is 15.3. The summed E-state index contributed by atoms with van der Waals surface area (Å²) in [6.07, 6.45) is 3.51. The lowest BCUT2D eigenvalue weighted by molar-refractivity contribution is 0.312. The summed E-state index contributed by atoms with van der Waals surface area (Å²) in [5, 5.41) is 7.39. The molecule has 0 spiro atoms. The molecule has 24 heavy (non-hydrogen) atoms. The van der Waals surface area contributed by atoms with Crippen LogP contribution in [0.3, 0.4) is 0 Å². The smallest absolute Gasteiger partial charge is 0.275 e. The number of hydrogen-bond acceptors (Lipinski definition) is 6. The van der Waals surface area contributed by atoms with Gasteiger partial charge in [0.1, 0.15) is 0 Å². The van der Waals surface area contributed by atoms with Crippen LogP contribution in [0.25, 0.3) is 21.2 Å². The van der Waals surface area contributed by atoms with E-state index in [1.54, 1.807) is 30.8 Å². The van der Waals surface area contributed by atoms with E-state index in [-0.39, 0.29) is 5.56 Å². The molecule has 0 aliphatic carbocycles. The number of rotatable bonds is 2. The van der Waals surface area contributed by atoms with Crippen LogP contribution in [0, 0.1) is 0 Å². The summed E-state index contributed by atoms with van der Waals surface area (Å²) in [6, 6.07) is 3.88. The number of nitrogens with zero attached hydrogens (tertiary/aromatic N) is 5. The standard InChI is InChI=1S/C17H19N5OS/c1-20-7-9-22(10-8-20)16-15-14(17(23)21(2)19-16)13(11-24-15)12-3-5-18-6-4-12/h3-6,11H,7-10H2,1-2H3. The molecule has 3 aromatic rings. The van der Waals surface area contributed by atoms with Crippen molar-refractivity contribution in [1.29, 1.82) is 0 Å². The number of thiophene rings is 1. The monoisotopic (exact) mass is 341 g/mol. The van der Waals surface area contributed by atoms with Crippen molar-refractivity contribution in [3.63, 3.8) is 0 Å². The first-order valence-corrected chi connectivity index (χ1v) is 8.85. The molecule has 1 fully saturated rings. The molecule has 0 saturated carbocycles. The Morgan fingerprint density at radius 1 is 1.08 bits per heavy atom. The summed E-state index contributed by atoms with van der Waals surface area (Å²) in [5.41, 5.74) is 1.94. The van der Waals surface area contributed by atoms with Gasteiger partial charge in [0.15, 0.2) is 5.82 Å². The molecule has 124 valence electrons. The SMILES string of the molecule is CN1CCN(c2nn(C)c(=O)c3c(-c4ccncc4)csc23)CC1. The van der Waals surface area contributed by atoms with Crippen LogP contribution in [-0.4, -0.2) is 52.9 Å². The van der Waals surface area contributed by atoms with Gasteiger partial charge in [-0.05, 0) is 24.7 Å². The molecule has 4 rings (SSSR count). The molecule has 0 N–H and O–H groups in total. The van der Waals surface area contributed by atoms with Gasteiger partial charge in [-0.15, -0.1) is 11.3 Å². The quantitative estimate of drug-likeness (QED) is 0.711. The fraction of sp³-hybridized carbons (Fsp3) is 0.353. The zero-order chi connectivity index (χ0) is 16.7. The van der Waals surface area contributed by atoms with E-state index >= 15 is 0 Å². The van der Waals surface area contributed by atoms with E-state index in [2.05, 4.69) is 32.3 Å². The zero-order valence-electron chi connectivity index (χ0n) is 13.8. The maximum atomic E-state index is 12.7. The van der Waals surface area contributed by atoms with E-state index in [4.69, 9.17) is 0 Å². The largest absolute Gasteiger partial charge is 0.351 e. The van der Waals surface area contributed by atoms with Gasteiger partial charge in [0.05, 0.1) is 10.1 Å². The Kier molecular flexibility index (Phi) is 3.82. The van der Waals surface area contributed by atoms with Crippen LogP contribution < -0.4 is 10.5 Å². The molecule has 0 bridgehead atoms. The van der Waals surface area contributed by atoms with Crippen LogP contribution in [-0.2, 0) is 7.05 Å². The number of fused-ring (bicyclic) bond motifs is 1. The second-order valence-corrected chi connectivity index (χ2v) is 7.01. The maximum absolute atomic E-state index is 12.7. The first-order chi connectivity index (χ1) is 11.6. The molecular formula is C17H19N5OS. The van der Waals surface area contributed by atoms with Crippen molar-refractivity contribution in [2.24, 2.45) is 7.05 Å². The molecule has 1 saturated heterocycles. The molecule has 0 radical (unpaired) electrons. The first-order valence-electron chi connectivity index (χ1n) is 7.97. The molecule has 3 aromatic heterocycles. The molecule has 6 nitrogen and oxygen atoms in total. The molecular weight excluding hydrogens is 322 g/mol. The van der Waals surface area contributed by atoms with Crippen molar-refractivity contribution in [1.82, 2.24) is 19.7 Å². The van der Waals surface area contributed by atoms with E-state index < -0.39 is 0 Å². The molecule has 0 amide bonds. The van der Waals surface area contributed by atoms with E-state index in [0.717, 1.165) is 53.2 Å². The number of likely N-dealkylation sites (N-methyl/N-ethyl adjacent to an activating group) is 1. The lowest BCUT2D eigenvalue weighted by atomic mass is 10.1. The Morgan fingerprint density at radius 3 is 2.50 bits per heavy atom. The van der Waals surface area contributed by atoms with Crippen molar-refractivity contribution < 1.29 is 0 Å². The van der Waals surface area contributed by atoms with Crippen LogP contribution in [0.5, 0.6) is 0 Å². The summed E-state index contributed by atoms with van der Waals surface area (Å²) in [4.78, 5) is 21.4. The van der Waals surface area contributed by atoms with Crippen molar-refractivity contribution in [3.8, 4) is 11.1 Å². The Hall–Kier alpha value is -2.25. The van der Waals surface area contributed by atoms with Crippen LogP contribution in [0.2, 0.25) is 0 Å². The number of aryl methyl sites for hydroxylation is 1. The number of hydrogen-bond donors (Lipinski definition) is 0. The fourth-order valence-electron chi connectivity index (χ4n) is 3.10. The highest BCUT2D eigenvalue weighted by Gasteiger charge is 2.22. The summed E-state index contributed by atoms with van der Waals surface area (Å²) in [7, 11) is 3.86. The van der Waals surface area contributed by atoms with Crippen LogP contribution in [0.4, 0.5) is 5.82 Å². The Bertz CT molecular complexity index is 925. The van der Waals surface area contributed by atoms with Gasteiger partial charge in [0.2, 0.25) is 0 Å². The topological polar surface area (TPSA) is 54.3 Å². The van der Waals surface area contributed by atoms with Crippen molar-refractivity contribution in [2.45, 2.75) is 0 Å². The van der Waals surface area contributed by atoms with Gasteiger partial charge in [-0.25, -0.2) is 4.68 Å². The van der Waals surface area contributed by atoms with Gasteiger partial charge >= 0.3 is 0 Å². The molecule has 4 heterocycles. The van der Waals surface area contributed by atoms with Gasteiger partial charge in [-0.3, -0.25) is 9.78 Å². The van der Waals surface area contributed by atoms with Crippen molar-refractivity contribution in [2.75, 3.05) is 38.1 Å². The van der Waals surface area contributed by atoms with Gasteiger partial charge in [0.25, 0.3) is 5.56 Å². The second kappa shape index (κ2) is 5.99. The predicted octanol–water partition coefficient (Wildman–Crippen LogP) is 1.81. The normalized spacial score (nSPS) is 16.0.